The average Bonchev–Trinajstić information content (AvgIpc) is 3.04. The topological polar surface area (TPSA) is 68.0 Å². The highest BCUT2D eigenvalue weighted by Crippen LogP contribution is 2.30. The Bertz CT molecular complexity index is 809. The minimum Gasteiger partial charge on any atom is -0.361 e. The van der Waals surface area contributed by atoms with Crippen molar-refractivity contribution in [1.29, 1.82) is 0 Å². The summed E-state index contributed by atoms with van der Waals surface area (Å²) < 4.78 is 1.85. The van der Waals surface area contributed by atoms with Crippen molar-refractivity contribution in [1.82, 2.24) is 24.6 Å². The van der Waals surface area contributed by atoms with Gasteiger partial charge >= 0.3 is 0 Å². The number of rotatable bonds is 3. The van der Waals surface area contributed by atoms with Crippen LogP contribution < -0.4 is 5.32 Å². The normalized spacial score (nSPS) is 17.4. The van der Waals surface area contributed by atoms with E-state index in [4.69, 9.17) is 0 Å². The molecule has 0 amide bonds. The maximum Gasteiger partial charge on any atom is 0.157 e. The molecule has 1 aliphatic carbocycles. The van der Waals surface area contributed by atoms with Gasteiger partial charge in [-0.05, 0) is 25.7 Å². The molecule has 0 bridgehead atoms. The summed E-state index contributed by atoms with van der Waals surface area (Å²) in [6.45, 7) is 2.11. The Labute approximate surface area is 128 Å². The van der Waals surface area contributed by atoms with E-state index < -0.39 is 0 Å². The second kappa shape index (κ2) is 5.36. The van der Waals surface area contributed by atoms with Crippen LogP contribution in [-0.2, 0) is 12.8 Å². The number of nitrogens with zero attached hydrogens (tertiary/aromatic N) is 5. The molecule has 3 aromatic rings. The minimum atomic E-state index is 0.178. The Morgan fingerprint density at radius 2 is 2.18 bits per heavy atom. The number of nitrogens with one attached hydrogen (secondary N) is 1. The zero-order chi connectivity index (χ0) is 14.9. The van der Waals surface area contributed by atoms with Crippen LogP contribution in [0, 0.1) is 0 Å². The summed E-state index contributed by atoms with van der Waals surface area (Å²) in [5, 5.41) is 7.97. The molecule has 0 unspecified atom stereocenters. The Balaban J connectivity index is 1.74. The summed E-state index contributed by atoms with van der Waals surface area (Å²) in [4.78, 5) is 13.6. The van der Waals surface area contributed by atoms with Gasteiger partial charge in [0.05, 0.1) is 23.6 Å². The van der Waals surface area contributed by atoms with E-state index in [1.165, 1.54) is 0 Å². The van der Waals surface area contributed by atoms with Crippen LogP contribution in [0.25, 0.3) is 5.65 Å². The van der Waals surface area contributed by atoms with E-state index in [1.54, 1.807) is 18.6 Å². The van der Waals surface area contributed by atoms with Crippen LogP contribution in [0.2, 0.25) is 0 Å². The van der Waals surface area contributed by atoms with Gasteiger partial charge in [0, 0.05) is 30.2 Å². The van der Waals surface area contributed by atoms with Crippen LogP contribution in [0.15, 0.2) is 30.7 Å². The van der Waals surface area contributed by atoms with E-state index in [2.05, 4.69) is 38.4 Å². The van der Waals surface area contributed by atoms with Gasteiger partial charge in [-0.2, -0.15) is 9.61 Å². The molecule has 3 aromatic heterocycles. The first-order chi connectivity index (χ1) is 10.8. The van der Waals surface area contributed by atoms with Crippen molar-refractivity contribution in [2.24, 2.45) is 0 Å². The Morgan fingerprint density at radius 1 is 1.27 bits per heavy atom. The highest BCUT2D eigenvalue weighted by Gasteiger charge is 2.23. The molecule has 3 heterocycles. The van der Waals surface area contributed by atoms with Crippen molar-refractivity contribution in [3.8, 4) is 0 Å². The fourth-order valence-electron chi connectivity index (χ4n) is 3.04. The molecule has 4 rings (SSSR count). The van der Waals surface area contributed by atoms with Gasteiger partial charge in [-0.25, -0.2) is 4.98 Å². The van der Waals surface area contributed by atoms with Crippen molar-refractivity contribution < 1.29 is 0 Å². The molecule has 0 aromatic carbocycles. The first-order valence-corrected chi connectivity index (χ1v) is 7.75. The predicted molar refractivity (Wildman–Crippen MR) is 83.7 cm³/mol. The Kier molecular flexibility index (Phi) is 3.21. The van der Waals surface area contributed by atoms with Gasteiger partial charge in [-0.3, -0.25) is 9.97 Å². The molecule has 1 aliphatic rings. The zero-order valence-corrected chi connectivity index (χ0v) is 12.5. The molecule has 0 aliphatic heterocycles. The third kappa shape index (κ3) is 2.20. The molecule has 0 fully saturated rings. The number of fused-ring (bicyclic) bond motifs is 2. The van der Waals surface area contributed by atoms with E-state index >= 15 is 0 Å². The smallest absolute Gasteiger partial charge is 0.157 e. The average molecular weight is 294 g/mol. The summed E-state index contributed by atoms with van der Waals surface area (Å²) in [6, 6.07) is 4.18. The standard InChI is InChI=1S/C16H18N6/c1-2-11-10-15(22-14(20-11)6-7-19-22)21-13-5-3-4-12-16(13)18-9-8-17-12/h6-10,13,21H,2-5H2,1H3/t13-/m0/s1. The lowest BCUT2D eigenvalue weighted by atomic mass is 9.95. The summed E-state index contributed by atoms with van der Waals surface area (Å²) in [6.07, 6.45) is 9.41. The lowest BCUT2D eigenvalue weighted by Gasteiger charge is -2.25. The largest absolute Gasteiger partial charge is 0.361 e. The molecule has 1 N–H and O–H groups in total. The van der Waals surface area contributed by atoms with Crippen LogP contribution in [0.4, 0.5) is 5.82 Å². The van der Waals surface area contributed by atoms with E-state index in [0.29, 0.717) is 0 Å². The monoisotopic (exact) mass is 294 g/mol. The van der Waals surface area contributed by atoms with Crippen LogP contribution in [0.1, 0.15) is 42.9 Å². The number of anilines is 1. The fourth-order valence-corrected chi connectivity index (χ4v) is 3.04. The molecule has 0 radical (unpaired) electrons. The van der Waals surface area contributed by atoms with Gasteiger partial charge in [0.2, 0.25) is 0 Å². The SMILES string of the molecule is CCc1cc(N[C@H]2CCCc3nccnc32)n2nccc2n1. The summed E-state index contributed by atoms with van der Waals surface area (Å²) in [7, 11) is 0. The molecule has 0 spiro atoms. The van der Waals surface area contributed by atoms with E-state index in [0.717, 1.165) is 54.2 Å². The molecule has 22 heavy (non-hydrogen) atoms. The third-order valence-electron chi connectivity index (χ3n) is 4.14. The number of hydrogen-bond acceptors (Lipinski definition) is 5. The molecule has 0 saturated heterocycles. The Hall–Kier alpha value is -2.50. The number of aryl methyl sites for hydroxylation is 2. The lowest BCUT2D eigenvalue weighted by molar-refractivity contribution is 0.567. The maximum absolute atomic E-state index is 4.58. The van der Waals surface area contributed by atoms with Gasteiger partial charge in [0.1, 0.15) is 5.82 Å². The summed E-state index contributed by atoms with van der Waals surface area (Å²) >= 11 is 0. The molecule has 112 valence electrons. The van der Waals surface area contributed by atoms with Crippen LogP contribution >= 0.6 is 0 Å². The fraction of sp³-hybridized carbons (Fsp3) is 0.375. The molecular formula is C16H18N6. The lowest BCUT2D eigenvalue weighted by Crippen LogP contribution is -2.21. The number of hydrogen-bond donors (Lipinski definition) is 1. The summed E-state index contributed by atoms with van der Waals surface area (Å²) in [5.41, 5.74) is 4.10. The van der Waals surface area contributed by atoms with Crippen molar-refractivity contribution in [3.05, 3.63) is 47.8 Å². The first kappa shape index (κ1) is 13.2. The molecule has 6 heteroatoms. The van der Waals surface area contributed by atoms with Crippen LogP contribution in [-0.4, -0.2) is 24.6 Å². The molecular weight excluding hydrogens is 276 g/mol. The second-order valence-corrected chi connectivity index (χ2v) is 5.56. The summed E-state index contributed by atoms with van der Waals surface area (Å²) in [5.74, 6) is 0.968. The van der Waals surface area contributed by atoms with Crippen LogP contribution in [0.5, 0.6) is 0 Å². The first-order valence-electron chi connectivity index (χ1n) is 7.75. The van der Waals surface area contributed by atoms with Crippen molar-refractivity contribution in [2.75, 3.05) is 5.32 Å². The highest BCUT2D eigenvalue weighted by atomic mass is 15.3. The highest BCUT2D eigenvalue weighted by molar-refractivity contribution is 5.50. The van der Waals surface area contributed by atoms with E-state index in [9.17, 15) is 0 Å². The second-order valence-electron chi connectivity index (χ2n) is 5.56. The number of aromatic nitrogens is 5. The molecule has 0 saturated carbocycles. The van der Waals surface area contributed by atoms with Crippen molar-refractivity contribution >= 4 is 11.5 Å². The zero-order valence-electron chi connectivity index (χ0n) is 12.5. The van der Waals surface area contributed by atoms with Gasteiger partial charge in [-0.1, -0.05) is 6.92 Å². The minimum absolute atomic E-state index is 0.178. The van der Waals surface area contributed by atoms with E-state index in [-0.39, 0.29) is 6.04 Å². The van der Waals surface area contributed by atoms with Crippen LogP contribution in [0.3, 0.4) is 0 Å². The maximum atomic E-state index is 4.58. The van der Waals surface area contributed by atoms with E-state index in [1.807, 2.05) is 10.6 Å². The van der Waals surface area contributed by atoms with Crippen molar-refractivity contribution in [3.63, 3.8) is 0 Å². The van der Waals surface area contributed by atoms with Gasteiger partial charge in [-0.15, -0.1) is 0 Å². The quantitative estimate of drug-likeness (QED) is 0.804. The van der Waals surface area contributed by atoms with Crippen molar-refractivity contribution in [2.45, 2.75) is 38.6 Å². The van der Waals surface area contributed by atoms with Gasteiger partial charge in [0.15, 0.2) is 5.65 Å². The predicted octanol–water partition coefficient (Wildman–Crippen LogP) is 2.57. The van der Waals surface area contributed by atoms with Gasteiger partial charge < -0.3 is 5.32 Å². The van der Waals surface area contributed by atoms with Gasteiger partial charge in [0.25, 0.3) is 0 Å². The Morgan fingerprint density at radius 3 is 3.09 bits per heavy atom. The third-order valence-corrected chi connectivity index (χ3v) is 4.14. The molecule has 6 nitrogen and oxygen atoms in total. The molecule has 1 atom stereocenters.